The Balaban J connectivity index is 1.98. The Hall–Kier alpha value is -2.04. The number of halogens is 7. The number of anilines is 2. The maximum Gasteiger partial charge on any atom is 0.424 e. The first kappa shape index (κ1) is 32.5. The molecular formula is C26H25Cl5F2N2O5. The predicted octanol–water partition coefficient (Wildman–Crippen LogP) is 9.13. The van der Waals surface area contributed by atoms with E-state index in [4.69, 9.17) is 67.5 Å². The molecule has 0 spiro atoms. The maximum atomic E-state index is 15.7. The Kier molecular flexibility index (Phi) is 9.20. The van der Waals surface area contributed by atoms with E-state index in [0.717, 1.165) is 12.1 Å². The van der Waals surface area contributed by atoms with Crippen LogP contribution >= 0.6 is 58.0 Å². The molecule has 218 valence electrons. The predicted molar refractivity (Wildman–Crippen MR) is 152 cm³/mol. The first-order chi connectivity index (χ1) is 18.2. The van der Waals surface area contributed by atoms with Crippen LogP contribution in [0.1, 0.15) is 53.0 Å². The molecule has 3 amide bonds. The number of carbonyl (C=O) groups excluding carboxylic acids is 3. The van der Waals surface area contributed by atoms with E-state index < -0.39 is 68.5 Å². The second kappa shape index (κ2) is 11.3. The van der Waals surface area contributed by atoms with E-state index in [-0.39, 0.29) is 20.0 Å². The highest BCUT2D eigenvalue weighted by molar-refractivity contribution is 6.54. The summed E-state index contributed by atoms with van der Waals surface area (Å²) in [6.45, 7) is 9.00. The average Bonchev–Trinajstić information content (AvgIpc) is 3.35. The van der Waals surface area contributed by atoms with Gasteiger partial charge in [0.1, 0.15) is 21.2 Å². The van der Waals surface area contributed by atoms with Crippen LogP contribution in [0.4, 0.5) is 29.7 Å². The number of imide groups is 1. The molecule has 0 saturated heterocycles. The monoisotopic (exact) mass is 658 g/mol. The van der Waals surface area contributed by atoms with Crippen molar-refractivity contribution in [3.05, 3.63) is 56.5 Å². The molecule has 40 heavy (non-hydrogen) atoms. The minimum Gasteiger partial charge on any atom is -0.443 e. The Morgan fingerprint density at radius 1 is 0.900 bits per heavy atom. The van der Waals surface area contributed by atoms with Gasteiger partial charge in [-0.25, -0.2) is 18.4 Å². The number of alkyl halides is 2. The number of hydrogen-bond acceptors (Lipinski definition) is 5. The number of carbonyl (C=O) groups is 3. The number of rotatable bonds is 4. The smallest absolute Gasteiger partial charge is 0.424 e. The third-order valence-corrected chi connectivity index (χ3v) is 7.54. The van der Waals surface area contributed by atoms with Crippen molar-refractivity contribution >= 4 is 87.5 Å². The molecule has 3 rings (SSSR count). The van der Waals surface area contributed by atoms with Crippen LogP contribution in [0.2, 0.25) is 15.1 Å². The van der Waals surface area contributed by atoms with Gasteiger partial charge in [-0.3, -0.25) is 4.79 Å². The van der Waals surface area contributed by atoms with Crippen molar-refractivity contribution in [2.45, 2.75) is 63.0 Å². The number of nitrogens with zero attached hydrogens (tertiary/aromatic N) is 1. The summed E-state index contributed by atoms with van der Waals surface area (Å²) < 4.78 is 39.5. The molecule has 1 aliphatic rings. The van der Waals surface area contributed by atoms with Crippen molar-refractivity contribution in [2.24, 2.45) is 5.92 Å². The molecular weight excluding hydrogens is 636 g/mol. The normalized spacial score (nSPS) is 18.1. The van der Waals surface area contributed by atoms with Crippen LogP contribution < -0.4 is 10.2 Å². The van der Waals surface area contributed by atoms with Crippen molar-refractivity contribution in [3.8, 4) is 0 Å². The molecule has 0 radical (unpaired) electrons. The zero-order valence-corrected chi connectivity index (χ0v) is 25.9. The maximum absolute atomic E-state index is 15.7. The Labute approximate surface area is 254 Å². The van der Waals surface area contributed by atoms with E-state index in [9.17, 15) is 14.4 Å². The summed E-state index contributed by atoms with van der Waals surface area (Å²) >= 11 is 30.9. The number of amides is 3. The summed E-state index contributed by atoms with van der Waals surface area (Å²) in [4.78, 5) is 39.1. The number of benzene rings is 2. The fraction of sp³-hybridized carbons (Fsp3) is 0.423. The van der Waals surface area contributed by atoms with Gasteiger partial charge in [-0.1, -0.05) is 34.8 Å². The number of hydrogen-bond donors (Lipinski definition) is 1. The van der Waals surface area contributed by atoms with Gasteiger partial charge in [0.15, 0.2) is 11.6 Å². The molecule has 1 N–H and O–H groups in total. The lowest BCUT2D eigenvalue weighted by molar-refractivity contribution is -0.117. The van der Waals surface area contributed by atoms with Crippen LogP contribution in [0.15, 0.2) is 24.3 Å². The van der Waals surface area contributed by atoms with Crippen LogP contribution in [0, 0.1) is 17.6 Å². The second-order valence-corrected chi connectivity index (χ2v) is 13.6. The fourth-order valence-electron chi connectivity index (χ4n) is 3.75. The van der Waals surface area contributed by atoms with E-state index >= 15 is 8.78 Å². The van der Waals surface area contributed by atoms with Crippen LogP contribution in [-0.4, -0.2) is 33.6 Å². The molecule has 1 aliphatic carbocycles. The van der Waals surface area contributed by atoms with Crippen molar-refractivity contribution in [1.82, 2.24) is 0 Å². The van der Waals surface area contributed by atoms with E-state index in [2.05, 4.69) is 5.32 Å². The largest absolute Gasteiger partial charge is 0.443 e. The Morgan fingerprint density at radius 3 is 1.82 bits per heavy atom. The van der Waals surface area contributed by atoms with Gasteiger partial charge in [0.25, 0.3) is 0 Å². The highest BCUT2D eigenvalue weighted by atomic mass is 35.5. The van der Waals surface area contributed by atoms with E-state index in [0.29, 0.717) is 5.56 Å². The quantitative estimate of drug-likeness (QED) is 0.261. The molecule has 2 atom stereocenters. The molecule has 0 aliphatic heterocycles. The lowest BCUT2D eigenvalue weighted by Crippen LogP contribution is -2.44. The third-order valence-electron chi connectivity index (χ3n) is 5.40. The van der Waals surface area contributed by atoms with Crippen molar-refractivity contribution in [1.29, 1.82) is 0 Å². The highest BCUT2D eigenvalue weighted by Crippen LogP contribution is 2.65. The molecule has 1 saturated carbocycles. The molecule has 2 aromatic rings. The fourth-order valence-corrected chi connectivity index (χ4v) is 5.19. The first-order valence-corrected chi connectivity index (χ1v) is 13.6. The summed E-state index contributed by atoms with van der Waals surface area (Å²) in [6.07, 6.45) is -2.80. The zero-order valence-electron chi connectivity index (χ0n) is 22.1. The average molecular weight is 661 g/mol. The van der Waals surface area contributed by atoms with Gasteiger partial charge in [-0.15, -0.1) is 23.2 Å². The Morgan fingerprint density at radius 2 is 1.38 bits per heavy atom. The summed E-state index contributed by atoms with van der Waals surface area (Å²) in [6, 6.07) is 4.56. The topological polar surface area (TPSA) is 84.9 Å². The molecule has 0 bridgehead atoms. The lowest BCUT2D eigenvalue weighted by atomic mass is 10.1. The van der Waals surface area contributed by atoms with Gasteiger partial charge in [-0.2, -0.15) is 4.90 Å². The minimum atomic E-state index is -1.62. The lowest BCUT2D eigenvalue weighted by Gasteiger charge is -2.29. The van der Waals surface area contributed by atoms with Crippen molar-refractivity contribution < 1.29 is 32.6 Å². The van der Waals surface area contributed by atoms with Crippen LogP contribution in [0.3, 0.4) is 0 Å². The molecule has 0 unspecified atom stereocenters. The minimum absolute atomic E-state index is 0.0852. The molecule has 14 heteroatoms. The van der Waals surface area contributed by atoms with E-state index in [1.165, 1.54) is 53.7 Å². The molecule has 2 aromatic carbocycles. The van der Waals surface area contributed by atoms with Crippen molar-refractivity contribution in [3.63, 3.8) is 0 Å². The second-order valence-electron chi connectivity index (χ2n) is 11.0. The summed E-state index contributed by atoms with van der Waals surface area (Å²) in [5, 5.41) is 2.61. The van der Waals surface area contributed by atoms with Gasteiger partial charge in [0, 0.05) is 5.92 Å². The summed E-state index contributed by atoms with van der Waals surface area (Å²) in [5.41, 5.74) is -3.54. The van der Waals surface area contributed by atoms with Gasteiger partial charge in [0.2, 0.25) is 5.91 Å². The molecule has 7 nitrogen and oxygen atoms in total. The number of ether oxygens (including phenoxy) is 2. The summed E-state index contributed by atoms with van der Waals surface area (Å²) in [7, 11) is 0. The van der Waals surface area contributed by atoms with Gasteiger partial charge >= 0.3 is 12.2 Å². The standard InChI is InChI=1S/C26H25Cl5F2N2O5/c1-24(2,3)39-22(37)35(23(38)40-25(4,5)6)20-14(32)7-8-15(19(20)33)34-21(36)17-16(26(17,30)31)11-9-12(27)18(29)13(28)10-11/h7-10,16-17H,1-6H3,(H,34,36)/t16-,17+/m0/s1. The molecule has 1 fully saturated rings. The van der Waals surface area contributed by atoms with E-state index in [1.54, 1.807) is 0 Å². The van der Waals surface area contributed by atoms with E-state index in [1.807, 2.05) is 0 Å². The first-order valence-electron chi connectivity index (χ1n) is 11.7. The van der Waals surface area contributed by atoms with Gasteiger partial charge in [0.05, 0.1) is 26.7 Å². The highest BCUT2D eigenvalue weighted by Gasteiger charge is 2.67. The molecule has 0 heterocycles. The van der Waals surface area contributed by atoms with Crippen LogP contribution in [0.5, 0.6) is 0 Å². The number of nitrogens with one attached hydrogen (secondary N) is 1. The summed E-state index contributed by atoms with van der Waals surface area (Å²) in [5.74, 6) is -5.49. The van der Waals surface area contributed by atoms with Gasteiger partial charge in [-0.05, 0) is 71.4 Å². The third kappa shape index (κ3) is 7.05. The van der Waals surface area contributed by atoms with Crippen molar-refractivity contribution in [2.75, 3.05) is 10.2 Å². The van der Waals surface area contributed by atoms with Crippen LogP contribution in [-0.2, 0) is 14.3 Å². The Bertz CT molecular complexity index is 1320. The van der Waals surface area contributed by atoms with Crippen LogP contribution in [0.25, 0.3) is 0 Å². The molecule has 0 aromatic heterocycles. The zero-order chi connectivity index (χ0) is 30.5. The SMILES string of the molecule is CC(C)(C)OC(=O)N(C(=O)OC(C)(C)C)c1c(F)ccc(NC(=O)[C@H]2[C@H](c3cc(Cl)c(Cl)c(Cl)c3)C2(Cl)Cl)c1F. The van der Waals surface area contributed by atoms with Gasteiger partial charge < -0.3 is 14.8 Å².